The Morgan fingerprint density at radius 2 is 1.54 bits per heavy atom. The molecule has 1 saturated heterocycles. The fourth-order valence-electron chi connectivity index (χ4n) is 7.22. The summed E-state index contributed by atoms with van der Waals surface area (Å²) in [6.07, 6.45) is 14.4. The van der Waals surface area contributed by atoms with Crippen LogP contribution < -0.4 is 26.0 Å². The minimum Gasteiger partial charge on any atom is -0.497 e. The van der Waals surface area contributed by atoms with E-state index in [4.69, 9.17) is 25.4 Å². The number of methoxy groups -OCH3 is 2. The third-order valence-corrected chi connectivity index (χ3v) is 10.3. The number of benzene rings is 3. The highest BCUT2D eigenvalue weighted by atomic mass is 16.6. The Bertz CT molecular complexity index is 2000. The molecular formula is C45H51N4O7. The number of hydrogen-bond donors (Lipinski definition) is 2. The lowest BCUT2D eigenvalue weighted by Crippen LogP contribution is -2.41. The quantitative estimate of drug-likeness (QED) is 0.0528. The molecule has 0 bridgehead atoms. The zero-order valence-corrected chi connectivity index (χ0v) is 32.2. The van der Waals surface area contributed by atoms with Gasteiger partial charge in [0.15, 0.2) is 0 Å². The van der Waals surface area contributed by atoms with Gasteiger partial charge in [-0.05, 0) is 72.6 Å². The number of aromatic nitrogens is 2. The summed E-state index contributed by atoms with van der Waals surface area (Å²) in [7, 11) is 3.23. The molecule has 1 aromatic heterocycles. The van der Waals surface area contributed by atoms with E-state index in [1.165, 1.54) is 6.20 Å². The SMILES string of the molecule is C#CCCCCCCCCC(=O)NCc1c[nH]c(=O)n(C2CC([CH]CC#N)C(COC(c3ccccc3)(c3ccc(OC)cc3)c3ccc(OC)cc3)O2)c1=O. The number of amides is 1. The van der Waals surface area contributed by atoms with E-state index in [9.17, 15) is 19.6 Å². The minimum absolute atomic E-state index is 0.0346. The van der Waals surface area contributed by atoms with Crippen molar-refractivity contribution in [3.8, 4) is 29.9 Å². The Kier molecular flexibility index (Phi) is 15.5. The van der Waals surface area contributed by atoms with E-state index < -0.39 is 29.2 Å². The van der Waals surface area contributed by atoms with Gasteiger partial charge in [-0.2, -0.15) is 5.26 Å². The van der Waals surface area contributed by atoms with Crippen molar-refractivity contribution in [2.24, 2.45) is 5.92 Å². The van der Waals surface area contributed by atoms with Gasteiger partial charge < -0.3 is 29.2 Å². The third-order valence-electron chi connectivity index (χ3n) is 10.3. The normalized spacial score (nSPS) is 16.5. The molecule has 0 spiro atoms. The second kappa shape index (κ2) is 20.9. The van der Waals surface area contributed by atoms with Crippen molar-refractivity contribution in [3.63, 3.8) is 0 Å². The largest absolute Gasteiger partial charge is 0.497 e. The standard InChI is InChI=1S/C45H51N4O7/c1-4-5-6-7-8-9-10-14-19-41(50)47-30-34-31-48-44(52)49(43(34)51)42-29-33(16-15-28-46)40(56-42)32-55-45(35-17-12-11-13-18-35,36-20-24-38(53-2)25-21-36)37-22-26-39(54-3)27-23-37/h1,11-13,16-18,20-27,31,33,40,42H,5-10,14-15,19,29-30,32H2,2-3H3,(H,47,50)(H,48,52). The highest BCUT2D eigenvalue weighted by Gasteiger charge is 2.43. The lowest BCUT2D eigenvalue weighted by molar-refractivity contribution is -0.121. The Morgan fingerprint density at radius 3 is 2.14 bits per heavy atom. The summed E-state index contributed by atoms with van der Waals surface area (Å²) in [6.45, 7) is 0.0104. The third kappa shape index (κ3) is 10.4. The van der Waals surface area contributed by atoms with Gasteiger partial charge in [0, 0.05) is 32.0 Å². The molecule has 56 heavy (non-hydrogen) atoms. The Balaban J connectivity index is 1.36. The highest BCUT2D eigenvalue weighted by Crippen LogP contribution is 2.43. The molecule has 1 aliphatic heterocycles. The maximum Gasteiger partial charge on any atom is 0.330 e. The van der Waals surface area contributed by atoms with Crippen LogP contribution in [0.5, 0.6) is 11.5 Å². The molecule has 3 aromatic carbocycles. The Hall–Kier alpha value is -5.62. The zero-order chi connectivity index (χ0) is 39.8. The summed E-state index contributed by atoms with van der Waals surface area (Å²) in [5.74, 6) is 3.54. The van der Waals surface area contributed by atoms with Gasteiger partial charge in [0.05, 0.1) is 38.6 Å². The average Bonchev–Trinajstić information content (AvgIpc) is 3.63. The molecule has 0 saturated carbocycles. The molecule has 1 amide bonds. The van der Waals surface area contributed by atoms with Crippen LogP contribution >= 0.6 is 0 Å². The van der Waals surface area contributed by atoms with E-state index >= 15 is 0 Å². The van der Waals surface area contributed by atoms with Gasteiger partial charge in [-0.1, -0.05) is 80.3 Å². The van der Waals surface area contributed by atoms with Gasteiger partial charge >= 0.3 is 5.69 Å². The number of carbonyl (C=O) groups is 1. The monoisotopic (exact) mass is 759 g/mol. The summed E-state index contributed by atoms with van der Waals surface area (Å²) < 4.78 is 25.6. The van der Waals surface area contributed by atoms with Crippen LogP contribution in [-0.2, 0) is 26.4 Å². The fourth-order valence-corrected chi connectivity index (χ4v) is 7.22. The van der Waals surface area contributed by atoms with Gasteiger partial charge in [-0.25, -0.2) is 9.36 Å². The first-order valence-corrected chi connectivity index (χ1v) is 19.2. The number of nitriles is 1. The van der Waals surface area contributed by atoms with E-state index in [0.717, 1.165) is 66.2 Å². The van der Waals surface area contributed by atoms with Gasteiger partial charge in [-0.3, -0.25) is 9.59 Å². The van der Waals surface area contributed by atoms with Crippen LogP contribution in [-0.4, -0.2) is 42.4 Å². The molecular weight excluding hydrogens is 709 g/mol. The fraction of sp³-hybridized carbons (Fsp3) is 0.400. The topological polar surface area (TPSA) is 145 Å². The molecule has 1 radical (unpaired) electrons. The zero-order valence-electron chi connectivity index (χ0n) is 32.2. The van der Waals surface area contributed by atoms with Crippen LogP contribution in [0.1, 0.15) is 92.7 Å². The molecule has 2 N–H and O–H groups in total. The average molecular weight is 760 g/mol. The molecule has 293 valence electrons. The number of rotatable bonds is 21. The number of terminal acetylenes is 1. The van der Waals surface area contributed by atoms with Crippen LogP contribution in [0.15, 0.2) is 94.6 Å². The summed E-state index contributed by atoms with van der Waals surface area (Å²) >= 11 is 0. The predicted octanol–water partition coefficient (Wildman–Crippen LogP) is 6.95. The summed E-state index contributed by atoms with van der Waals surface area (Å²) in [6, 6.07) is 27.4. The first-order valence-electron chi connectivity index (χ1n) is 19.2. The number of carbonyl (C=O) groups excluding carboxylic acids is 1. The van der Waals surface area contributed by atoms with Crippen molar-refractivity contribution in [2.75, 3.05) is 20.8 Å². The van der Waals surface area contributed by atoms with Crippen molar-refractivity contribution < 1.29 is 23.7 Å². The van der Waals surface area contributed by atoms with Crippen molar-refractivity contribution in [1.29, 1.82) is 5.26 Å². The molecule has 1 fully saturated rings. The first kappa shape index (κ1) is 41.5. The highest BCUT2D eigenvalue weighted by molar-refractivity contribution is 5.75. The second-order valence-electron chi connectivity index (χ2n) is 13.8. The van der Waals surface area contributed by atoms with E-state index in [2.05, 4.69) is 22.3 Å². The maximum absolute atomic E-state index is 13.8. The van der Waals surface area contributed by atoms with Crippen LogP contribution in [0.4, 0.5) is 0 Å². The molecule has 11 nitrogen and oxygen atoms in total. The first-order chi connectivity index (χ1) is 27.3. The number of nitrogens with one attached hydrogen (secondary N) is 2. The number of H-pyrrole nitrogens is 1. The molecule has 2 heterocycles. The predicted molar refractivity (Wildman–Crippen MR) is 214 cm³/mol. The van der Waals surface area contributed by atoms with Crippen molar-refractivity contribution in [3.05, 3.63) is 135 Å². The maximum atomic E-state index is 13.8. The van der Waals surface area contributed by atoms with Crippen LogP contribution in [0.2, 0.25) is 0 Å². The summed E-state index contributed by atoms with van der Waals surface area (Å²) in [5.41, 5.74) is 0.445. The Labute approximate surface area is 329 Å². The molecule has 1 aliphatic rings. The van der Waals surface area contributed by atoms with Crippen molar-refractivity contribution in [1.82, 2.24) is 14.9 Å². The van der Waals surface area contributed by atoms with Gasteiger partial charge in [-0.15, -0.1) is 12.3 Å². The lowest BCUT2D eigenvalue weighted by Gasteiger charge is -2.37. The molecule has 0 aliphatic carbocycles. The van der Waals surface area contributed by atoms with E-state index in [1.807, 2.05) is 85.3 Å². The molecule has 3 unspecified atom stereocenters. The van der Waals surface area contributed by atoms with Crippen LogP contribution in [0.25, 0.3) is 0 Å². The molecule has 5 rings (SSSR count). The lowest BCUT2D eigenvalue weighted by atomic mass is 9.80. The summed E-state index contributed by atoms with van der Waals surface area (Å²) in [5, 5.41) is 12.3. The van der Waals surface area contributed by atoms with Crippen LogP contribution in [0.3, 0.4) is 0 Å². The number of ether oxygens (including phenoxy) is 4. The van der Waals surface area contributed by atoms with E-state index in [0.29, 0.717) is 17.9 Å². The van der Waals surface area contributed by atoms with Gasteiger partial charge in [0.25, 0.3) is 5.56 Å². The van der Waals surface area contributed by atoms with Crippen molar-refractivity contribution in [2.45, 2.75) is 88.7 Å². The summed E-state index contributed by atoms with van der Waals surface area (Å²) in [4.78, 5) is 42.3. The van der Waals surface area contributed by atoms with Crippen LogP contribution in [0, 0.1) is 36.0 Å². The van der Waals surface area contributed by atoms with Gasteiger partial charge in [0.2, 0.25) is 5.91 Å². The van der Waals surface area contributed by atoms with Crippen molar-refractivity contribution >= 4 is 5.91 Å². The number of unbranched alkanes of at least 4 members (excludes halogenated alkanes) is 6. The molecule has 4 aromatic rings. The second-order valence-corrected chi connectivity index (χ2v) is 13.8. The van der Waals surface area contributed by atoms with Gasteiger partial charge in [0.1, 0.15) is 23.3 Å². The van der Waals surface area contributed by atoms with E-state index in [1.54, 1.807) is 14.2 Å². The molecule has 3 atom stereocenters. The number of nitrogens with zero attached hydrogens (tertiary/aromatic N) is 2. The number of aromatic amines is 1. The minimum atomic E-state index is -1.13. The Morgan fingerprint density at radius 1 is 0.929 bits per heavy atom. The smallest absolute Gasteiger partial charge is 0.330 e. The molecule has 11 heteroatoms. The number of hydrogen-bond acceptors (Lipinski definition) is 8. The van der Waals surface area contributed by atoms with E-state index in [-0.39, 0.29) is 43.4 Å².